The first-order valence-corrected chi connectivity index (χ1v) is 4.66. The van der Waals surface area contributed by atoms with E-state index in [1.807, 2.05) is 0 Å². The summed E-state index contributed by atoms with van der Waals surface area (Å²) in [5.41, 5.74) is 6.75. The van der Waals surface area contributed by atoms with Crippen molar-refractivity contribution in [3.05, 3.63) is 53.0 Å². The minimum atomic E-state index is -0.640. The van der Waals surface area contributed by atoms with E-state index in [-0.39, 0.29) is 5.22 Å². The van der Waals surface area contributed by atoms with Crippen LogP contribution >= 0.6 is 11.6 Å². The summed E-state index contributed by atoms with van der Waals surface area (Å²) in [4.78, 5) is 3.64. The van der Waals surface area contributed by atoms with Gasteiger partial charge in [0.2, 0.25) is 0 Å². The Balaban J connectivity index is 2.41. The van der Waals surface area contributed by atoms with Gasteiger partial charge in [-0.05, 0) is 23.7 Å². The van der Waals surface area contributed by atoms with Crippen molar-refractivity contribution < 1.29 is 8.81 Å². The molecule has 2 aromatic heterocycles. The molecular formula is C10H8ClFN2O. The lowest BCUT2D eigenvalue weighted by atomic mass is 10.0. The number of nitrogens with zero attached hydrogens (tertiary/aromatic N) is 1. The average Bonchev–Trinajstić information content (AvgIpc) is 2.64. The summed E-state index contributed by atoms with van der Waals surface area (Å²) in [6.45, 7) is 0. The molecule has 2 aromatic rings. The van der Waals surface area contributed by atoms with Crippen LogP contribution in [0.25, 0.3) is 0 Å². The number of aromatic nitrogens is 1. The number of furan rings is 1. The van der Waals surface area contributed by atoms with Gasteiger partial charge in [0, 0.05) is 17.3 Å². The van der Waals surface area contributed by atoms with Crippen molar-refractivity contribution in [1.82, 2.24) is 4.98 Å². The quantitative estimate of drug-likeness (QED) is 0.856. The Morgan fingerprint density at radius 3 is 2.80 bits per heavy atom. The normalized spacial score (nSPS) is 12.7. The van der Waals surface area contributed by atoms with Crippen LogP contribution in [0.2, 0.25) is 5.22 Å². The molecule has 3 nitrogen and oxygen atoms in total. The Labute approximate surface area is 90.7 Å². The fourth-order valence-corrected chi connectivity index (χ4v) is 1.56. The number of pyridine rings is 1. The van der Waals surface area contributed by atoms with E-state index in [9.17, 15) is 4.39 Å². The number of rotatable bonds is 2. The summed E-state index contributed by atoms with van der Waals surface area (Å²) >= 11 is 5.75. The molecule has 0 saturated carbocycles. The molecule has 2 heterocycles. The fraction of sp³-hybridized carbons (Fsp3) is 0.100. The SMILES string of the molecule is NC(c1ccncc1F)c1ccoc1Cl. The second-order valence-corrected chi connectivity index (χ2v) is 3.37. The smallest absolute Gasteiger partial charge is 0.198 e. The first-order valence-electron chi connectivity index (χ1n) is 4.28. The monoisotopic (exact) mass is 226 g/mol. The van der Waals surface area contributed by atoms with E-state index >= 15 is 0 Å². The molecule has 5 heteroatoms. The predicted molar refractivity (Wildman–Crippen MR) is 53.9 cm³/mol. The van der Waals surface area contributed by atoms with Gasteiger partial charge in [0.15, 0.2) is 5.22 Å². The lowest BCUT2D eigenvalue weighted by molar-refractivity contribution is 0.560. The van der Waals surface area contributed by atoms with Gasteiger partial charge in [-0.15, -0.1) is 0 Å². The molecule has 2 N–H and O–H groups in total. The lowest BCUT2D eigenvalue weighted by Gasteiger charge is -2.10. The van der Waals surface area contributed by atoms with E-state index in [0.717, 1.165) is 6.20 Å². The van der Waals surface area contributed by atoms with Crippen LogP contribution in [-0.4, -0.2) is 4.98 Å². The van der Waals surface area contributed by atoms with Gasteiger partial charge < -0.3 is 10.2 Å². The van der Waals surface area contributed by atoms with Crippen LogP contribution in [0.3, 0.4) is 0 Å². The summed E-state index contributed by atoms with van der Waals surface area (Å²) in [5.74, 6) is -0.456. The molecule has 0 radical (unpaired) electrons. The zero-order valence-electron chi connectivity index (χ0n) is 7.65. The maximum Gasteiger partial charge on any atom is 0.198 e. The minimum absolute atomic E-state index is 0.179. The Bertz CT molecular complexity index is 472. The van der Waals surface area contributed by atoms with E-state index < -0.39 is 11.9 Å². The van der Waals surface area contributed by atoms with Gasteiger partial charge in [-0.2, -0.15) is 0 Å². The van der Waals surface area contributed by atoms with Crippen molar-refractivity contribution in [2.24, 2.45) is 5.73 Å². The lowest BCUT2D eigenvalue weighted by Crippen LogP contribution is -2.13. The third kappa shape index (κ3) is 1.86. The Kier molecular flexibility index (Phi) is 2.70. The fourth-order valence-electron chi connectivity index (χ4n) is 1.33. The second kappa shape index (κ2) is 4.00. The molecule has 78 valence electrons. The maximum absolute atomic E-state index is 13.3. The molecule has 0 amide bonds. The van der Waals surface area contributed by atoms with Crippen molar-refractivity contribution in [2.75, 3.05) is 0 Å². The van der Waals surface area contributed by atoms with E-state index in [1.165, 1.54) is 18.5 Å². The van der Waals surface area contributed by atoms with E-state index in [1.54, 1.807) is 6.07 Å². The molecule has 1 unspecified atom stereocenters. The van der Waals surface area contributed by atoms with Gasteiger partial charge in [-0.1, -0.05) is 0 Å². The highest BCUT2D eigenvalue weighted by Gasteiger charge is 2.17. The Morgan fingerprint density at radius 2 is 2.20 bits per heavy atom. The molecule has 0 fully saturated rings. The van der Waals surface area contributed by atoms with Crippen molar-refractivity contribution in [2.45, 2.75) is 6.04 Å². The summed E-state index contributed by atoms with van der Waals surface area (Å²) in [7, 11) is 0. The Morgan fingerprint density at radius 1 is 1.40 bits per heavy atom. The van der Waals surface area contributed by atoms with Gasteiger partial charge >= 0.3 is 0 Å². The maximum atomic E-state index is 13.3. The summed E-state index contributed by atoms with van der Waals surface area (Å²) in [6.07, 6.45) is 4.01. The van der Waals surface area contributed by atoms with E-state index in [4.69, 9.17) is 21.8 Å². The van der Waals surface area contributed by atoms with Crippen LogP contribution in [0.15, 0.2) is 35.2 Å². The number of hydrogen-bond donors (Lipinski definition) is 1. The van der Waals surface area contributed by atoms with Gasteiger partial charge in [-0.25, -0.2) is 4.39 Å². The number of halogens is 2. The first-order chi connectivity index (χ1) is 7.20. The van der Waals surface area contributed by atoms with Crippen LogP contribution in [-0.2, 0) is 0 Å². The number of nitrogens with two attached hydrogens (primary N) is 1. The third-order valence-electron chi connectivity index (χ3n) is 2.12. The van der Waals surface area contributed by atoms with Gasteiger partial charge in [0.1, 0.15) is 5.82 Å². The molecular weight excluding hydrogens is 219 g/mol. The molecule has 2 rings (SSSR count). The zero-order valence-corrected chi connectivity index (χ0v) is 8.41. The van der Waals surface area contributed by atoms with Crippen molar-refractivity contribution >= 4 is 11.6 Å². The second-order valence-electron chi connectivity index (χ2n) is 3.02. The van der Waals surface area contributed by atoms with E-state index in [0.29, 0.717) is 11.1 Å². The highest BCUT2D eigenvalue weighted by molar-refractivity contribution is 6.29. The van der Waals surface area contributed by atoms with Crippen LogP contribution < -0.4 is 5.73 Å². The molecule has 0 aliphatic rings. The Hall–Kier alpha value is -1.39. The zero-order chi connectivity index (χ0) is 10.8. The van der Waals surface area contributed by atoms with Gasteiger partial charge in [0.05, 0.1) is 18.5 Å². The third-order valence-corrected chi connectivity index (χ3v) is 2.43. The summed E-state index contributed by atoms with van der Waals surface area (Å²) in [6, 6.07) is 2.50. The predicted octanol–water partition coefficient (Wildman–Crippen LogP) is 2.52. The average molecular weight is 227 g/mol. The molecule has 0 aliphatic heterocycles. The molecule has 0 bridgehead atoms. The van der Waals surface area contributed by atoms with Crippen LogP contribution in [0.4, 0.5) is 4.39 Å². The van der Waals surface area contributed by atoms with Gasteiger partial charge in [0.25, 0.3) is 0 Å². The molecule has 15 heavy (non-hydrogen) atoms. The molecule has 0 spiro atoms. The first kappa shape index (κ1) is 10.1. The van der Waals surface area contributed by atoms with E-state index in [2.05, 4.69) is 4.98 Å². The summed E-state index contributed by atoms with van der Waals surface area (Å²) in [5, 5.41) is 0.179. The minimum Gasteiger partial charge on any atom is -0.453 e. The highest BCUT2D eigenvalue weighted by atomic mass is 35.5. The largest absolute Gasteiger partial charge is 0.453 e. The van der Waals surface area contributed by atoms with Crippen LogP contribution in [0, 0.1) is 5.82 Å². The topological polar surface area (TPSA) is 52.0 Å². The van der Waals surface area contributed by atoms with Gasteiger partial charge in [-0.3, -0.25) is 4.98 Å². The highest BCUT2D eigenvalue weighted by Crippen LogP contribution is 2.28. The molecule has 0 aliphatic carbocycles. The van der Waals surface area contributed by atoms with Crippen molar-refractivity contribution in [3.8, 4) is 0 Å². The van der Waals surface area contributed by atoms with Crippen molar-refractivity contribution in [3.63, 3.8) is 0 Å². The number of hydrogen-bond acceptors (Lipinski definition) is 3. The van der Waals surface area contributed by atoms with Crippen LogP contribution in [0.5, 0.6) is 0 Å². The van der Waals surface area contributed by atoms with Crippen molar-refractivity contribution in [1.29, 1.82) is 0 Å². The molecule has 0 aromatic carbocycles. The summed E-state index contributed by atoms with van der Waals surface area (Å²) < 4.78 is 18.2. The molecule has 1 atom stereocenters. The standard InChI is InChI=1S/C10H8ClFN2O/c11-10-7(2-4-15-10)9(13)6-1-3-14-5-8(6)12/h1-5,9H,13H2. The van der Waals surface area contributed by atoms with Crippen LogP contribution in [0.1, 0.15) is 17.2 Å². The molecule has 0 saturated heterocycles.